The molecule has 0 bridgehead atoms. The van der Waals surface area contributed by atoms with Crippen molar-refractivity contribution in [2.75, 3.05) is 0 Å². The lowest BCUT2D eigenvalue weighted by molar-refractivity contribution is 0.506. The third kappa shape index (κ3) is 2.79. The molecule has 0 amide bonds. The van der Waals surface area contributed by atoms with Gasteiger partial charge in [0.1, 0.15) is 0 Å². The summed E-state index contributed by atoms with van der Waals surface area (Å²) in [5.74, 6) is -1.78. The minimum absolute atomic E-state index is 0.196. The molecule has 0 aliphatic rings. The van der Waals surface area contributed by atoms with E-state index in [2.05, 4.69) is 9.59 Å². The fourth-order valence-corrected chi connectivity index (χ4v) is 2.67. The number of nitrogens with zero attached hydrogens (tertiary/aromatic N) is 2. The maximum Gasteiger partial charge on any atom is 0.159 e. The molecule has 1 aromatic heterocycles. The summed E-state index contributed by atoms with van der Waals surface area (Å²) >= 11 is 1.19. The highest BCUT2D eigenvalue weighted by atomic mass is 32.1. The first-order valence-electron chi connectivity index (χ1n) is 5.84. The Kier molecular flexibility index (Phi) is 3.64. The lowest BCUT2D eigenvalue weighted by atomic mass is 9.89. The van der Waals surface area contributed by atoms with Crippen LogP contribution in [0, 0.1) is 11.6 Å². The number of halogens is 2. The number of hydrogen-bond donors (Lipinski definition) is 1. The zero-order valence-electron chi connectivity index (χ0n) is 10.9. The van der Waals surface area contributed by atoms with Crippen LogP contribution in [0.15, 0.2) is 18.2 Å². The maximum atomic E-state index is 13.3. The van der Waals surface area contributed by atoms with Crippen molar-refractivity contribution < 1.29 is 8.78 Å². The molecule has 19 heavy (non-hydrogen) atoms. The first-order chi connectivity index (χ1) is 8.80. The number of benzene rings is 1. The van der Waals surface area contributed by atoms with E-state index in [1.165, 1.54) is 17.6 Å². The summed E-state index contributed by atoms with van der Waals surface area (Å²) < 4.78 is 30.1. The van der Waals surface area contributed by atoms with E-state index in [1.807, 2.05) is 20.8 Å². The van der Waals surface area contributed by atoms with Gasteiger partial charge in [-0.3, -0.25) is 0 Å². The summed E-state index contributed by atoms with van der Waals surface area (Å²) in [6, 6.07) is 3.13. The van der Waals surface area contributed by atoms with Gasteiger partial charge in [-0.2, -0.15) is 0 Å². The van der Waals surface area contributed by atoms with Crippen molar-refractivity contribution in [3.05, 3.63) is 46.0 Å². The van der Waals surface area contributed by atoms with Crippen molar-refractivity contribution in [2.24, 2.45) is 5.73 Å². The Morgan fingerprint density at radius 2 is 1.89 bits per heavy atom. The third-order valence-corrected chi connectivity index (χ3v) is 3.62. The van der Waals surface area contributed by atoms with Crippen LogP contribution >= 0.6 is 11.5 Å². The molecule has 0 radical (unpaired) electrons. The molecule has 1 heterocycles. The summed E-state index contributed by atoms with van der Waals surface area (Å²) in [5, 5.41) is 4.09. The minimum Gasteiger partial charge on any atom is -0.319 e. The fraction of sp³-hybridized carbons (Fsp3) is 0.385. The summed E-state index contributed by atoms with van der Waals surface area (Å²) in [6.45, 7) is 6.02. The highest BCUT2D eigenvalue weighted by molar-refractivity contribution is 7.05. The van der Waals surface area contributed by atoms with Gasteiger partial charge in [0.2, 0.25) is 0 Å². The van der Waals surface area contributed by atoms with Crippen molar-refractivity contribution >= 4 is 11.5 Å². The van der Waals surface area contributed by atoms with Crippen LogP contribution < -0.4 is 5.73 Å². The van der Waals surface area contributed by atoms with E-state index in [0.29, 0.717) is 5.56 Å². The Labute approximate surface area is 114 Å². The van der Waals surface area contributed by atoms with Gasteiger partial charge >= 0.3 is 0 Å². The molecule has 6 heteroatoms. The number of rotatable bonds is 2. The summed E-state index contributed by atoms with van der Waals surface area (Å²) in [5.41, 5.74) is 7.22. The predicted molar refractivity (Wildman–Crippen MR) is 71.0 cm³/mol. The quantitative estimate of drug-likeness (QED) is 0.921. The second-order valence-corrected chi connectivity index (χ2v) is 6.17. The monoisotopic (exact) mass is 283 g/mol. The Balaban J connectivity index is 2.42. The molecule has 2 aromatic rings. The zero-order valence-corrected chi connectivity index (χ0v) is 11.8. The van der Waals surface area contributed by atoms with Crippen LogP contribution in [0.4, 0.5) is 8.78 Å². The van der Waals surface area contributed by atoms with Crippen LogP contribution in [-0.2, 0) is 5.41 Å². The zero-order chi connectivity index (χ0) is 14.2. The van der Waals surface area contributed by atoms with Crippen LogP contribution in [0.3, 0.4) is 0 Å². The van der Waals surface area contributed by atoms with Crippen molar-refractivity contribution in [1.29, 1.82) is 0 Å². The molecule has 0 aliphatic heterocycles. The Morgan fingerprint density at radius 1 is 1.21 bits per heavy atom. The second kappa shape index (κ2) is 4.94. The molecule has 0 spiro atoms. The third-order valence-electron chi connectivity index (χ3n) is 2.81. The Morgan fingerprint density at radius 3 is 2.47 bits per heavy atom. The average molecular weight is 283 g/mol. The molecule has 0 saturated heterocycles. The molecule has 3 nitrogen and oxygen atoms in total. The van der Waals surface area contributed by atoms with E-state index < -0.39 is 17.7 Å². The lowest BCUT2D eigenvalue weighted by Crippen LogP contribution is -2.19. The van der Waals surface area contributed by atoms with Crippen molar-refractivity contribution in [2.45, 2.75) is 32.2 Å². The molecule has 1 unspecified atom stereocenters. The van der Waals surface area contributed by atoms with Gasteiger partial charge in [0, 0.05) is 5.41 Å². The van der Waals surface area contributed by atoms with Crippen molar-refractivity contribution in [1.82, 2.24) is 9.59 Å². The molecule has 0 saturated carbocycles. The van der Waals surface area contributed by atoms with Crippen LogP contribution in [0.25, 0.3) is 0 Å². The lowest BCUT2D eigenvalue weighted by Gasteiger charge is -2.19. The van der Waals surface area contributed by atoms with Crippen LogP contribution in [0.2, 0.25) is 0 Å². The summed E-state index contributed by atoms with van der Waals surface area (Å²) in [7, 11) is 0. The van der Waals surface area contributed by atoms with Gasteiger partial charge < -0.3 is 5.73 Å². The molecular formula is C13H15F2N3S. The Bertz CT molecular complexity index is 590. The highest BCUT2D eigenvalue weighted by Crippen LogP contribution is 2.32. The molecule has 0 fully saturated rings. The standard InChI is InChI=1S/C13H15F2N3S/c1-13(2,3)12-11(19-18-17-12)10(16)7-4-5-8(14)9(15)6-7/h4-6,10H,16H2,1-3H3. The van der Waals surface area contributed by atoms with Crippen molar-refractivity contribution in [3.8, 4) is 0 Å². The van der Waals surface area contributed by atoms with E-state index in [9.17, 15) is 8.78 Å². The molecule has 0 aliphatic carbocycles. The van der Waals surface area contributed by atoms with Gasteiger partial charge in [-0.25, -0.2) is 8.78 Å². The van der Waals surface area contributed by atoms with E-state index >= 15 is 0 Å². The summed E-state index contributed by atoms with van der Waals surface area (Å²) in [4.78, 5) is 0.776. The van der Waals surface area contributed by atoms with Crippen LogP contribution in [0.5, 0.6) is 0 Å². The SMILES string of the molecule is CC(C)(C)c1nnsc1C(N)c1ccc(F)c(F)c1. The van der Waals surface area contributed by atoms with Crippen LogP contribution in [-0.4, -0.2) is 9.59 Å². The number of nitrogens with two attached hydrogens (primary N) is 1. The van der Waals surface area contributed by atoms with Gasteiger partial charge in [0.05, 0.1) is 16.6 Å². The van der Waals surface area contributed by atoms with Gasteiger partial charge in [-0.05, 0) is 29.2 Å². The maximum absolute atomic E-state index is 13.3. The first kappa shape index (κ1) is 14.0. The van der Waals surface area contributed by atoms with Crippen LogP contribution in [0.1, 0.15) is 42.9 Å². The van der Waals surface area contributed by atoms with Gasteiger partial charge in [0.15, 0.2) is 11.6 Å². The van der Waals surface area contributed by atoms with E-state index in [1.54, 1.807) is 0 Å². The normalized spacial score (nSPS) is 13.6. The van der Waals surface area contributed by atoms with E-state index in [4.69, 9.17) is 5.73 Å². The van der Waals surface area contributed by atoms with Crippen molar-refractivity contribution in [3.63, 3.8) is 0 Å². The molecule has 2 rings (SSSR count). The number of hydrogen-bond acceptors (Lipinski definition) is 4. The highest BCUT2D eigenvalue weighted by Gasteiger charge is 2.26. The molecule has 1 atom stereocenters. The topological polar surface area (TPSA) is 51.8 Å². The van der Waals surface area contributed by atoms with Gasteiger partial charge in [-0.15, -0.1) is 5.10 Å². The largest absolute Gasteiger partial charge is 0.319 e. The van der Waals surface area contributed by atoms with E-state index in [0.717, 1.165) is 22.7 Å². The van der Waals surface area contributed by atoms with E-state index in [-0.39, 0.29) is 5.41 Å². The first-order valence-corrected chi connectivity index (χ1v) is 6.61. The predicted octanol–water partition coefficient (Wildman–Crippen LogP) is 3.16. The Hall–Kier alpha value is -1.40. The van der Waals surface area contributed by atoms with Gasteiger partial charge in [-0.1, -0.05) is 31.3 Å². The second-order valence-electron chi connectivity index (χ2n) is 5.39. The molecular weight excluding hydrogens is 268 g/mol. The average Bonchev–Trinajstić information content (AvgIpc) is 2.80. The molecule has 1 aromatic carbocycles. The van der Waals surface area contributed by atoms with Gasteiger partial charge in [0.25, 0.3) is 0 Å². The smallest absolute Gasteiger partial charge is 0.159 e. The minimum atomic E-state index is -0.900. The molecule has 102 valence electrons. The summed E-state index contributed by atoms with van der Waals surface area (Å²) in [6.07, 6.45) is 0. The molecule has 2 N–H and O–H groups in total. The number of aromatic nitrogens is 2. The fourth-order valence-electron chi connectivity index (χ4n) is 1.78.